The number of non-ortho nitro benzene ring substituents is 1. The van der Waals surface area contributed by atoms with Crippen LogP contribution < -0.4 is 4.74 Å². The third kappa shape index (κ3) is 3.11. The van der Waals surface area contributed by atoms with Crippen LogP contribution in [0.1, 0.15) is 17.2 Å². The molecule has 3 atom stereocenters. The molecule has 3 rings (SSSR count). The monoisotopic (exact) mass is 329 g/mol. The lowest BCUT2D eigenvalue weighted by Crippen LogP contribution is -2.39. The largest absolute Gasteiger partial charge is 0.464 e. The number of methoxy groups -OCH3 is 2. The average Bonchev–Trinajstić information content (AvgIpc) is 2.61. The van der Waals surface area contributed by atoms with Crippen molar-refractivity contribution in [1.29, 1.82) is 0 Å². The van der Waals surface area contributed by atoms with Crippen molar-refractivity contribution < 1.29 is 19.1 Å². The fourth-order valence-electron chi connectivity index (χ4n) is 3.18. The van der Waals surface area contributed by atoms with E-state index in [4.69, 9.17) is 14.2 Å². The molecule has 1 aliphatic heterocycles. The fourth-order valence-corrected chi connectivity index (χ4v) is 3.18. The maximum Gasteiger partial charge on any atom is 0.270 e. The minimum atomic E-state index is -0.482. The number of nitro groups is 1. The van der Waals surface area contributed by atoms with Gasteiger partial charge in [0.2, 0.25) is 6.29 Å². The van der Waals surface area contributed by atoms with E-state index in [1.165, 1.54) is 12.1 Å². The number of nitrogens with zero attached hydrogens (tertiary/aromatic N) is 1. The number of nitro benzene ring substituents is 1. The van der Waals surface area contributed by atoms with Crippen molar-refractivity contribution >= 4 is 5.69 Å². The quantitative estimate of drug-likeness (QED) is 0.620. The molecule has 0 unspecified atom stereocenters. The summed E-state index contributed by atoms with van der Waals surface area (Å²) in [5, 5.41) is 11.1. The Balaban J connectivity index is 1.98. The Morgan fingerprint density at radius 3 is 2.50 bits per heavy atom. The maximum absolute atomic E-state index is 11.1. The molecule has 6 nitrogen and oxygen atoms in total. The van der Waals surface area contributed by atoms with E-state index < -0.39 is 11.2 Å². The zero-order valence-electron chi connectivity index (χ0n) is 13.5. The predicted octanol–water partition coefficient (Wildman–Crippen LogP) is 3.51. The Labute approximate surface area is 140 Å². The summed E-state index contributed by atoms with van der Waals surface area (Å²) in [6.45, 7) is 0. The van der Waals surface area contributed by atoms with Gasteiger partial charge >= 0.3 is 0 Å². The van der Waals surface area contributed by atoms with Gasteiger partial charge in [-0.25, -0.2) is 0 Å². The molecular weight excluding hydrogens is 310 g/mol. The summed E-state index contributed by atoms with van der Waals surface area (Å²) >= 11 is 0. The molecule has 0 fully saturated rings. The van der Waals surface area contributed by atoms with Crippen molar-refractivity contribution in [1.82, 2.24) is 0 Å². The van der Waals surface area contributed by atoms with Gasteiger partial charge in [0.25, 0.3) is 5.69 Å². The number of fused-ring (bicyclic) bond motifs is 1. The number of benzene rings is 2. The molecule has 0 radical (unpaired) electrons. The molecular formula is C18H19NO5. The van der Waals surface area contributed by atoms with E-state index in [1.54, 1.807) is 20.3 Å². The van der Waals surface area contributed by atoms with Gasteiger partial charge in [0, 0.05) is 31.9 Å². The first kappa shape index (κ1) is 16.4. The first-order valence-electron chi connectivity index (χ1n) is 7.68. The Kier molecular flexibility index (Phi) is 4.78. The Hall–Kier alpha value is -2.44. The van der Waals surface area contributed by atoms with Crippen LogP contribution in [0.4, 0.5) is 5.69 Å². The zero-order valence-corrected chi connectivity index (χ0v) is 13.5. The summed E-state index contributed by atoms with van der Waals surface area (Å²) < 4.78 is 17.1. The molecule has 0 N–H and O–H groups in total. The molecule has 0 aromatic heterocycles. The summed E-state index contributed by atoms with van der Waals surface area (Å²) in [4.78, 5) is 10.7. The number of ether oxygens (including phenoxy) is 3. The van der Waals surface area contributed by atoms with Crippen LogP contribution in [-0.4, -0.2) is 25.4 Å². The van der Waals surface area contributed by atoms with Crippen LogP contribution in [0.2, 0.25) is 0 Å². The van der Waals surface area contributed by atoms with E-state index in [2.05, 4.69) is 0 Å². The fraction of sp³-hybridized carbons (Fsp3) is 0.333. The lowest BCUT2D eigenvalue weighted by molar-refractivity contribution is -0.385. The van der Waals surface area contributed by atoms with E-state index in [9.17, 15) is 10.1 Å². The van der Waals surface area contributed by atoms with Gasteiger partial charge in [-0.3, -0.25) is 10.1 Å². The zero-order chi connectivity index (χ0) is 17.1. The molecule has 0 amide bonds. The Bertz CT molecular complexity index is 719. The van der Waals surface area contributed by atoms with Crippen LogP contribution in [0, 0.1) is 16.0 Å². The maximum atomic E-state index is 11.1. The Morgan fingerprint density at radius 2 is 1.88 bits per heavy atom. The van der Waals surface area contributed by atoms with Gasteiger partial charge in [-0.15, -0.1) is 0 Å². The molecule has 1 heterocycles. The normalized spacial score (nSPS) is 22.5. The average molecular weight is 329 g/mol. The molecule has 0 aliphatic carbocycles. The van der Waals surface area contributed by atoms with Gasteiger partial charge in [0.15, 0.2) is 0 Å². The SMILES string of the molecule is CO[C@@H]1Oc2ccc([N+](=O)[O-])cc2[C@@H](OC)[C@H]1Cc1ccccc1. The van der Waals surface area contributed by atoms with E-state index in [0.717, 1.165) is 5.56 Å². The Morgan fingerprint density at radius 1 is 1.12 bits per heavy atom. The summed E-state index contributed by atoms with van der Waals surface area (Å²) in [5.41, 5.74) is 1.83. The van der Waals surface area contributed by atoms with Gasteiger partial charge < -0.3 is 14.2 Å². The second-order valence-corrected chi connectivity index (χ2v) is 5.71. The molecule has 1 aliphatic rings. The van der Waals surface area contributed by atoms with E-state index in [0.29, 0.717) is 17.7 Å². The predicted molar refractivity (Wildman–Crippen MR) is 87.9 cm³/mol. The van der Waals surface area contributed by atoms with Crippen LogP contribution in [0.25, 0.3) is 0 Å². The molecule has 6 heteroatoms. The second kappa shape index (κ2) is 6.98. The van der Waals surface area contributed by atoms with Gasteiger partial charge in [-0.2, -0.15) is 0 Å². The van der Waals surface area contributed by atoms with E-state index >= 15 is 0 Å². The lowest BCUT2D eigenvalue weighted by Gasteiger charge is -2.38. The third-order valence-corrected chi connectivity index (χ3v) is 4.29. The van der Waals surface area contributed by atoms with Gasteiger partial charge in [-0.05, 0) is 18.1 Å². The first-order valence-corrected chi connectivity index (χ1v) is 7.68. The topological polar surface area (TPSA) is 70.8 Å². The standard InChI is InChI=1S/C18H19NO5/c1-22-17-14-11-13(19(20)21)8-9-16(14)24-18(23-2)15(17)10-12-6-4-3-5-7-12/h3-9,11,15,17-18H,10H2,1-2H3/t15-,17-,18-/m1/s1. The van der Waals surface area contributed by atoms with E-state index in [-0.39, 0.29) is 17.7 Å². The number of rotatable bonds is 5. The van der Waals surface area contributed by atoms with Crippen LogP contribution in [0.5, 0.6) is 5.75 Å². The van der Waals surface area contributed by atoms with Crippen molar-refractivity contribution in [3.05, 3.63) is 69.8 Å². The smallest absolute Gasteiger partial charge is 0.270 e. The molecule has 2 aromatic rings. The highest BCUT2D eigenvalue weighted by atomic mass is 16.7. The molecule has 24 heavy (non-hydrogen) atoms. The van der Waals surface area contributed by atoms with Crippen molar-refractivity contribution in [3.8, 4) is 5.75 Å². The van der Waals surface area contributed by atoms with Gasteiger partial charge in [-0.1, -0.05) is 30.3 Å². The van der Waals surface area contributed by atoms with E-state index in [1.807, 2.05) is 30.3 Å². The van der Waals surface area contributed by atoms with Crippen LogP contribution in [0.15, 0.2) is 48.5 Å². The molecule has 126 valence electrons. The van der Waals surface area contributed by atoms with Gasteiger partial charge in [0.1, 0.15) is 5.75 Å². The molecule has 0 spiro atoms. The summed E-state index contributed by atoms with van der Waals surface area (Å²) in [5.74, 6) is 0.445. The number of hydrogen-bond acceptors (Lipinski definition) is 5. The minimum Gasteiger partial charge on any atom is -0.464 e. The summed E-state index contributed by atoms with van der Waals surface area (Å²) in [6.07, 6.45) is -0.150. The molecule has 0 bridgehead atoms. The lowest BCUT2D eigenvalue weighted by atomic mass is 9.86. The third-order valence-electron chi connectivity index (χ3n) is 4.29. The second-order valence-electron chi connectivity index (χ2n) is 5.71. The van der Waals surface area contributed by atoms with Crippen LogP contribution >= 0.6 is 0 Å². The van der Waals surface area contributed by atoms with Crippen molar-refractivity contribution in [2.45, 2.75) is 18.8 Å². The molecule has 0 saturated heterocycles. The van der Waals surface area contributed by atoms with Crippen LogP contribution in [-0.2, 0) is 15.9 Å². The van der Waals surface area contributed by atoms with Crippen molar-refractivity contribution in [3.63, 3.8) is 0 Å². The van der Waals surface area contributed by atoms with Gasteiger partial charge in [0.05, 0.1) is 16.9 Å². The molecule has 0 saturated carbocycles. The highest BCUT2D eigenvalue weighted by molar-refractivity contribution is 5.46. The minimum absolute atomic E-state index is 0.0220. The highest BCUT2D eigenvalue weighted by Gasteiger charge is 2.39. The number of hydrogen-bond donors (Lipinski definition) is 0. The highest BCUT2D eigenvalue weighted by Crippen LogP contribution is 2.43. The summed E-state index contributed by atoms with van der Waals surface area (Å²) in [6, 6.07) is 14.5. The molecule has 2 aromatic carbocycles. The van der Waals surface area contributed by atoms with Crippen LogP contribution in [0.3, 0.4) is 0 Å². The first-order chi connectivity index (χ1) is 11.6. The van der Waals surface area contributed by atoms with Crippen molar-refractivity contribution in [2.75, 3.05) is 14.2 Å². The van der Waals surface area contributed by atoms with Crippen molar-refractivity contribution in [2.24, 2.45) is 5.92 Å². The summed E-state index contributed by atoms with van der Waals surface area (Å²) in [7, 11) is 3.19.